The van der Waals surface area contributed by atoms with Crippen molar-refractivity contribution >= 4 is 38.9 Å². The van der Waals surface area contributed by atoms with Crippen LogP contribution >= 0.6 is 11.6 Å². The molecule has 0 fully saturated rings. The van der Waals surface area contributed by atoms with E-state index in [-0.39, 0.29) is 0 Å². The maximum Gasteiger partial charge on any atom is 0.414 e. The second-order valence-electron chi connectivity index (χ2n) is 6.46. The zero-order valence-electron chi connectivity index (χ0n) is 15.8. The van der Waals surface area contributed by atoms with Crippen molar-refractivity contribution in [1.82, 2.24) is 4.90 Å². The maximum atomic E-state index is 12.9. The number of hydrogen-bond acceptors (Lipinski definition) is 5. The molecular formula is C20H20ClNO6S. The number of benzene rings is 2. The largest absolute Gasteiger partial charge is 0.473 e. The summed E-state index contributed by atoms with van der Waals surface area (Å²) in [5, 5.41) is 15.3. The summed E-state index contributed by atoms with van der Waals surface area (Å²) < 4.78 is 25.7. The molecule has 7 nitrogen and oxygen atoms in total. The predicted molar refractivity (Wildman–Crippen MR) is 109 cm³/mol. The lowest BCUT2D eigenvalue weighted by molar-refractivity contribution is -0.159. The van der Waals surface area contributed by atoms with Gasteiger partial charge in [0.05, 0.1) is 9.79 Å². The van der Waals surface area contributed by atoms with E-state index in [1.165, 1.54) is 0 Å². The summed E-state index contributed by atoms with van der Waals surface area (Å²) in [6.45, 7) is 0.897. The van der Waals surface area contributed by atoms with Crippen LogP contribution in [0.15, 0.2) is 58.3 Å². The third kappa shape index (κ3) is 5.23. The smallest absolute Gasteiger partial charge is 0.414 e. The monoisotopic (exact) mass is 437 g/mol. The van der Waals surface area contributed by atoms with Crippen LogP contribution in [0.3, 0.4) is 0 Å². The van der Waals surface area contributed by atoms with E-state index < -0.39 is 21.8 Å². The first-order chi connectivity index (χ1) is 13.6. The maximum absolute atomic E-state index is 12.9. The highest BCUT2D eigenvalue weighted by atomic mass is 35.5. The van der Waals surface area contributed by atoms with Gasteiger partial charge in [0.15, 0.2) is 0 Å². The first kappa shape index (κ1) is 22.6. The number of nitrogens with zero attached hydrogens (tertiary/aromatic N) is 1. The van der Waals surface area contributed by atoms with Gasteiger partial charge in [0, 0.05) is 22.7 Å². The summed E-state index contributed by atoms with van der Waals surface area (Å²) in [4.78, 5) is 21.0. The van der Waals surface area contributed by atoms with Crippen LogP contribution in [0, 0.1) is 0 Å². The first-order valence-corrected chi connectivity index (χ1v) is 10.4. The Labute approximate surface area is 173 Å². The van der Waals surface area contributed by atoms with Crippen molar-refractivity contribution < 1.29 is 28.2 Å². The summed E-state index contributed by atoms with van der Waals surface area (Å²) in [7, 11) is 0.531. The van der Waals surface area contributed by atoms with E-state index in [9.17, 15) is 8.42 Å². The van der Waals surface area contributed by atoms with Gasteiger partial charge in [-0.1, -0.05) is 35.9 Å². The number of rotatable bonds is 3. The zero-order chi connectivity index (χ0) is 21.8. The van der Waals surface area contributed by atoms with Crippen LogP contribution in [-0.4, -0.2) is 56.1 Å². The molecular weight excluding hydrogens is 418 g/mol. The molecule has 0 aromatic heterocycles. The minimum Gasteiger partial charge on any atom is -0.473 e. The SMILES string of the molecule is CN(C)CC/C=C1/c2ccccc2S(=O)(=O)c2ccc(Cl)cc21.O=C(O)C(=O)O. The van der Waals surface area contributed by atoms with Crippen molar-refractivity contribution in [2.24, 2.45) is 0 Å². The number of carbonyl (C=O) groups is 2. The molecule has 0 aliphatic carbocycles. The average Bonchev–Trinajstić information content (AvgIpc) is 2.64. The first-order valence-electron chi connectivity index (χ1n) is 8.51. The van der Waals surface area contributed by atoms with Crippen LogP contribution < -0.4 is 0 Å². The van der Waals surface area contributed by atoms with E-state index in [4.69, 9.17) is 31.4 Å². The molecule has 1 aliphatic heterocycles. The summed E-state index contributed by atoms with van der Waals surface area (Å²) >= 11 is 6.12. The molecule has 154 valence electrons. The Morgan fingerprint density at radius 3 is 2.17 bits per heavy atom. The number of hydrogen-bond donors (Lipinski definition) is 2. The molecule has 1 heterocycles. The molecule has 2 aromatic carbocycles. The molecule has 1 aliphatic rings. The van der Waals surface area contributed by atoms with Gasteiger partial charge >= 0.3 is 11.9 Å². The lowest BCUT2D eigenvalue weighted by Gasteiger charge is -2.23. The third-order valence-electron chi connectivity index (χ3n) is 4.10. The fraction of sp³-hybridized carbons (Fsp3) is 0.200. The van der Waals surface area contributed by atoms with E-state index in [2.05, 4.69) is 11.0 Å². The van der Waals surface area contributed by atoms with Crippen molar-refractivity contribution in [2.75, 3.05) is 20.6 Å². The third-order valence-corrected chi connectivity index (χ3v) is 6.20. The van der Waals surface area contributed by atoms with Gasteiger partial charge in [-0.2, -0.15) is 0 Å². The number of fused-ring (bicyclic) bond motifs is 2. The van der Waals surface area contributed by atoms with E-state index >= 15 is 0 Å². The van der Waals surface area contributed by atoms with Crippen molar-refractivity contribution in [3.05, 3.63) is 64.7 Å². The van der Waals surface area contributed by atoms with Crippen LogP contribution in [0.1, 0.15) is 17.5 Å². The number of halogens is 1. The fourth-order valence-corrected chi connectivity index (χ4v) is 4.66. The van der Waals surface area contributed by atoms with E-state index in [1.54, 1.807) is 30.3 Å². The van der Waals surface area contributed by atoms with Crippen LogP contribution in [0.2, 0.25) is 5.02 Å². The minimum atomic E-state index is -3.50. The van der Waals surface area contributed by atoms with Crippen LogP contribution in [-0.2, 0) is 19.4 Å². The molecule has 0 bridgehead atoms. The highest BCUT2D eigenvalue weighted by molar-refractivity contribution is 7.91. The molecule has 29 heavy (non-hydrogen) atoms. The highest BCUT2D eigenvalue weighted by Crippen LogP contribution is 2.42. The van der Waals surface area contributed by atoms with Crippen molar-refractivity contribution in [1.29, 1.82) is 0 Å². The van der Waals surface area contributed by atoms with Gasteiger partial charge in [-0.3, -0.25) is 0 Å². The van der Waals surface area contributed by atoms with Crippen molar-refractivity contribution in [3.8, 4) is 0 Å². The molecule has 2 N–H and O–H groups in total. The minimum absolute atomic E-state index is 0.330. The number of carboxylic acids is 2. The molecule has 0 atom stereocenters. The zero-order valence-corrected chi connectivity index (χ0v) is 17.4. The summed E-state index contributed by atoms with van der Waals surface area (Å²) in [5.41, 5.74) is 2.38. The molecule has 0 amide bonds. The summed E-state index contributed by atoms with van der Waals surface area (Å²) in [6, 6.07) is 12.1. The Morgan fingerprint density at radius 1 is 1.00 bits per heavy atom. The van der Waals surface area contributed by atoms with E-state index in [1.807, 2.05) is 26.2 Å². The van der Waals surface area contributed by atoms with Crippen LogP contribution in [0.5, 0.6) is 0 Å². The summed E-state index contributed by atoms with van der Waals surface area (Å²) in [5.74, 6) is -3.65. The highest BCUT2D eigenvalue weighted by Gasteiger charge is 2.31. The van der Waals surface area contributed by atoms with Gasteiger partial charge in [0.1, 0.15) is 0 Å². The number of aliphatic carboxylic acids is 2. The normalized spacial score (nSPS) is 15.1. The second-order valence-corrected chi connectivity index (χ2v) is 8.78. The van der Waals surface area contributed by atoms with E-state index in [0.29, 0.717) is 20.4 Å². The van der Waals surface area contributed by atoms with Crippen molar-refractivity contribution in [2.45, 2.75) is 16.2 Å². The van der Waals surface area contributed by atoms with E-state index in [0.717, 1.165) is 24.1 Å². The number of carboxylic acid groups (broad SMARTS) is 2. The molecule has 0 saturated carbocycles. The molecule has 9 heteroatoms. The fourth-order valence-electron chi connectivity index (χ4n) is 2.82. The molecule has 0 spiro atoms. The van der Waals surface area contributed by atoms with Gasteiger partial charge in [-0.05, 0) is 50.4 Å². The van der Waals surface area contributed by atoms with Crippen LogP contribution in [0.25, 0.3) is 5.57 Å². The molecule has 0 radical (unpaired) electrons. The molecule has 0 saturated heterocycles. The second kappa shape index (κ2) is 9.21. The van der Waals surface area contributed by atoms with Gasteiger partial charge in [-0.15, -0.1) is 0 Å². The Hall–Kier alpha value is -2.68. The van der Waals surface area contributed by atoms with Crippen LogP contribution in [0.4, 0.5) is 0 Å². The lowest BCUT2D eigenvalue weighted by atomic mass is 9.96. The lowest BCUT2D eigenvalue weighted by Crippen LogP contribution is -2.15. The quantitative estimate of drug-likeness (QED) is 0.605. The Bertz CT molecular complexity index is 1060. The molecule has 0 unspecified atom stereocenters. The Kier molecular flexibility index (Phi) is 7.18. The Morgan fingerprint density at radius 2 is 1.59 bits per heavy atom. The topological polar surface area (TPSA) is 112 Å². The molecule has 2 aromatic rings. The summed E-state index contributed by atoms with van der Waals surface area (Å²) in [6.07, 6.45) is 2.94. The van der Waals surface area contributed by atoms with Crippen molar-refractivity contribution in [3.63, 3.8) is 0 Å². The predicted octanol–water partition coefficient (Wildman–Crippen LogP) is 3.03. The van der Waals surface area contributed by atoms with Gasteiger partial charge in [0.25, 0.3) is 0 Å². The standard InChI is InChI=1S/C18H18ClNO2S.C2H2O4/c1-20(2)11-5-7-14-15-6-3-4-8-17(15)23(21,22)18-10-9-13(19)12-16(14)18;3-1(4)2(5)6/h3-4,6-10,12H,5,11H2,1-2H3;(H,3,4)(H,5,6)/b14-7-;. The average molecular weight is 438 g/mol. The van der Waals surface area contributed by atoms with Gasteiger partial charge in [0.2, 0.25) is 9.84 Å². The molecule has 3 rings (SSSR count). The number of sulfone groups is 1. The Balaban J connectivity index is 0.000000438. The van der Waals surface area contributed by atoms with Gasteiger partial charge in [-0.25, -0.2) is 18.0 Å². The van der Waals surface area contributed by atoms with Gasteiger partial charge < -0.3 is 15.1 Å².